The Morgan fingerprint density at radius 3 is 2.69 bits per heavy atom. The molecule has 0 aromatic rings. The van der Waals surface area contributed by atoms with Crippen molar-refractivity contribution in [3.05, 3.63) is 0 Å². The third-order valence-electron chi connectivity index (χ3n) is 4.66. The maximum Gasteiger partial charge on any atom is 0.00481 e. The van der Waals surface area contributed by atoms with E-state index in [1.54, 1.807) is 0 Å². The second kappa shape index (κ2) is 4.83. The van der Waals surface area contributed by atoms with Gasteiger partial charge in [0.1, 0.15) is 0 Å². The van der Waals surface area contributed by atoms with E-state index in [9.17, 15) is 0 Å². The molecule has 0 radical (unpaired) electrons. The van der Waals surface area contributed by atoms with Gasteiger partial charge in [-0.2, -0.15) is 0 Å². The van der Waals surface area contributed by atoms with Crippen molar-refractivity contribution < 1.29 is 0 Å². The number of halogens is 1. The summed E-state index contributed by atoms with van der Waals surface area (Å²) in [6.07, 6.45) is 5.90. The number of nitrogens with zero attached hydrogens (tertiary/aromatic N) is 1. The fraction of sp³-hybridized carbons (Fsp3) is 1.00. The van der Waals surface area contributed by atoms with Crippen LogP contribution >= 0.6 is 12.4 Å². The molecule has 0 spiro atoms. The average Bonchev–Trinajstić information content (AvgIpc) is 2.83. The van der Waals surface area contributed by atoms with Crippen LogP contribution in [0, 0.1) is 17.3 Å². The van der Waals surface area contributed by atoms with E-state index in [4.69, 9.17) is 0 Å². The molecule has 1 N–H and O–H groups in total. The van der Waals surface area contributed by atoms with Gasteiger partial charge >= 0.3 is 0 Å². The highest BCUT2D eigenvalue weighted by atomic mass is 35.5. The van der Waals surface area contributed by atoms with Gasteiger partial charge in [-0.05, 0) is 56.0 Å². The number of hydrogen-bond acceptors (Lipinski definition) is 2. The second-order valence-electron chi connectivity index (χ2n) is 6.36. The minimum atomic E-state index is 0. The summed E-state index contributed by atoms with van der Waals surface area (Å²) in [6.45, 7) is 9.03. The van der Waals surface area contributed by atoms with E-state index in [0.29, 0.717) is 5.41 Å². The first-order valence-electron chi connectivity index (χ1n) is 6.68. The first kappa shape index (κ1) is 12.7. The Hall–Kier alpha value is 0.210. The molecule has 2 atom stereocenters. The van der Waals surface area contributed by atoms with Crippen LogP contribution < -0.4 is 5.32 Å². The van der Waals surface area contributed by atoms with Gasteiger partial charge < -0.3 is 10.2 Å². The van der Waals surface area contributed by atoms with Gasteiger partial charge in [0.2, 0.25) is 0 Å². The molecule has 16 heavy (non-hydrogen) atoms. The lowest BCUT2D eigenvalue weighted by Gasteiger charge is -2.29. The lowest BCUT2D eigenvalue weighted by atomic mass is 9.89. The predicted octanol–water partition coefficient (Wildman–Crippen LogP) is 2.14. The molecule has 3 aliphatic rings. The summed E-state index contributed by atoms with van der Waals surface area (Å²) >= 11 is 0. The Balaban J connectivity index is 0.000000963. The van der Waals surface area contributed by atoms with E-state index < -0.39 is 0 Å². The quantitative estimate of drug-likeness (QED) is 0.819. The lowest BCUT2D eigenvalue weighted by Crippen LogP contribution is -2.36. The van der Waals surface area contributed by atoms with Crippen molar-refractivity contribution >= 4 is 12.4 Å². The van der Waals surface area contributed by atoms with Gasteiger partial charge in [-0.3, -0.25) is 0 Å². The SMILES string of the molecule is CC1(CN2CCC(C3CC3)C2)CCNC1.Cl. The Labute approximate surface area is 106 Å². The van der Waals surface area contributed by atoms with E-state index in [2.05, 4.69) is 17.1 Å². The maximum atomic E-state index is 3.51. The molecule has 3 rings (SSSR count). The molecule has 3 heteroatoms. The maximum absolute atomic E-state index is 3.51. The first-order chi connectivity index (χ1) is 7.25. The van der Waals surface area contributed by atoms with Gasteiger partial charge in [-0.25, -0.2) is 0 Å². The van der Waals surface area contributed by atoms with E-state index in [-0.39, 0.29) is 12.4 Å². The van der Waals surface area contributed by atoms with Gasteiger partial charge in [-0.1, -0.05) is 6.92 Å². The third-order valence-corrected chi connectivity index (χ3v) is 4.66. The summed E-state index contributed by atoms with van der Waals surface area (Å²) in [5, 5.41) is 3.51. The standard InChI is InChI=1S/C13H24N2.ClH/c1-13(5-6-14-9-13)10-15-7-4-12(8-15)11-2-3-11;/h11-12,14H,2-10H2,1H3;1H. The van der Waals surface area contributed by atoms with Crippen LogP contribution in [0.5, 0.6) is 0 Å². The van der Waals surface area contributed by atoms with Gasteiger partial charge in [0, 0.05) is 19.6 Å². The largest absolute Gasteiger partial charge is 0.316 e. The molecule has 1 aliphatic carbocycles. The summed E-state index contributed by atoms with van der Waals surface area (Å²) in [6, 6.07) is 0. The van der Waals surface area contributed by atoms with Crippen molar-refractivity contribution in [3.63, 3.8) is 0 Å². The topological polar surface area (TPSA) is 15.3 Å². The molecule has 2 unspecified atom stereocenters. The fourth-order valence-electron chi connectivity index (χ4n) is 3.50. The number of likely N-dealkylation sites (tertiary alicyclic amines) is 1. The highest BCUT2D eigenvalue weighted by molar-refractivity contribution is 5.85. The lowest BCUT2D eigenvalue weighted by molar-refractivity contribution is 0.202. The number of hydrogen-bond donors (Lipinski definition) is 1. The van der Waals surface area contributed by atoms with Gasteiger partial charge in [0.25, 0.3) is 0 Å². The minimum absolute atomic E-state index is 0. The Morgan fingerprint density at radius 1 is 1.25 bits per heavy atom. The zero-order chi connectivity index (χ0) is 10.3. The van der Waals surface area contributed by atoms with Crippen molar-refractivity contribution in [2.45, 2.75) is 32.6 Å². The molecule has 94 valence electrons. The molecular weight excluding hydrogens is 220 g/mol. The second-order valence-corrected chi connectivity index (χ2v) is 6.36. The summed E-state index contributed by atoms with van der Waals surface area (Å²) in [5.74, 6) is 2.17. The molecule has 2 aliphatic heterocycles. The highest BCUT2D eigenvalue weighted by Gasteiger charge is 2.38. The molecular formula is C13H25ClN2. The molecule has 1 saturated carbocycles. The fourth-order valence-corrected chi connectivity index (χ4v) is 3.50. The van der Waals surface area contributed by atoms with Crippen molar-refractivity contribution in [2.75, 3.05) is 32.7 Å². The van der Waals surface area contributed by atoms with Crippen LogP contribution in [-0.4, -0.2) is 37.6 Å². The third kappa shape index (κ3) is 2.72. The number of nitrogens with one attached hydrogen (secondary N) is 1. The Bertz CT molecular complexity index is 234. The van der Waals surface area contributed by atoms with E-state index >= 15 is 0 Å². The van der Waals surface area contributed by atoms with E-state index in [0.717, 1.165) is 11.8 Å². The monoisotopic (exact) mass is 244 g/mol. The minimum Gasteiger partial charge on any atom is -0.316 e. The summed E-state index contributed by atoms with van der Waals surface area (Å²) in [7, 11) is 0. The van der Waals surface area contributed by atoms with Gasteiger partial charge in [0.05, 0.1) is 0 Å². The van der Waals surface area contributed by atoms with Crippen LogP contribution in [0.15, 0.2) is 0 Å². The van der Waals surface area contributed by atoms with Gasteiger partial charge in [0.15, 0.2) is 0 Å². The first-order valence-corrected chi connectivity index (χ1v) is 6.68. The Kier molecular flexibility index (Phi) is 3.82. The summed E-state index contributed by atoms with van der Waals surface area (Å²) in [5.41, 5.74) is 0.568. The molecule has 2 heterocycles. The summed E-state index contributed by atoms with van der Waals surface area (Å²) < 4.78 is 0. The smallest absolute Gasteiger partial charge is 0.00481 e. The molecule has 2 saturated heterocycles. The normalized spacial score (nSPS) is 39.9. The van der Waals surface area contributed by atoms with Crippen molar-refractivity contribution in [3.8, 4) is 0 Å². The van der Waals surface area contributed by atoms with Crippen molar-refractivity contribution in [1.29, 1.82) is 0 Å². The van der Waals surface area contributed by atoms with Crippen LogP contribution in [0.3, 0.4) is 0 Å². The molecule has 3 fully saturated rings. The van der Waals surface area contributed by atoms with Gasteiger partial charge in [-0.15, -0.1) is 12.4 Å². The zero-order valence-electron chi connectivity index (χ0n) is 10.4. The van der Waals surface area contributed by atoms with E-state index in [1.807, 2.05) is 0 Å². The summed E-state index contributed by atoms with van der Waals surface area (Å²) in [4.78, 5) is 2.73. The van der Waals surface area contributed by atoms with Crippen LogP contribution in [0.25, 0.3) is 0 Å². The van der Waals surface area contributed by atoms with E-state index in [1.165, 1.54) is 58.4 Å². The van der Waals surface area contributed by atoms with Crippen LogP contribution in [0.1, 0.15) is 32.6 Å². The van der Waals surface area contributed by atoms with Crippen LogP contribution in [0.2, 0.25) is 0 Å². The van der Waals surface area contributed by atoms with Crippen molar-refractivity contribution in [2.24, 2.45) is 17.3 Å². The highest BCUT2D eigenvalue weighted by Crippen LogP contribution is 2.42. The number of rotatable bonds is 3. The molecule has 2 nitrogen and oxygen atoms in total. The average molecular weight is 245 g/mol. The Morgan fingerprint density at radius 2 is 2.06 bits per heavy atom. The molecule has 0 aromatic carbocycles. The van der Waals surface area contributed by atoms with Crippen molar-refractivity contribution in [1.82, 2.24) is 10.2 Å². The predicted molar refractivity (Wildman–Crippen MR) is 70.1 cm³/mol. The zero-order valence-corrected chi connectivity index (χ0v) is 11.2. The molecule has 0 amide bonds. The van der Waals surface area contributed by atoms with Crippen LogP contribution in [-0.2, 0) is 0 Å². The van der Waals surface area contributed by atoms with Crippen LogP contribution in [0.4, 0.5) is 0 Å². The molecule has 0 aromatic heterocycles. The molecule has 0 bridgehead atoms.